The molecule has 2 fully saturated rings. The zero-order valence-corrected chi connectivity index (χ0v) is 19.1. The second-order valence-corrected chi connectivity index (χ2v) is 10.3. The third-order valence-electron chi connectivity index (χ3n) is 8.97. The first-order valence-corrected chi connectivity index (χ1v) is 12.0. The van der Waals surface area contributed by atoms with Gasteiger partial charge in [-0.25, -0.2) is 0 Å². The van der Waals surface area contributed by atoms with Gasteiger partial charge in [0.05, 0.1) is 19.3 Å². The monoisotopic (exact) mass is 434 g/mol. The van der Waals surface area contributed by atoms with E-state index in [1.807, 2.05) is 24.3 Å². The van der Waals surface area contributed by atoms with Crippen LogP contribution in [0.15, 0.2) is 59.2 Å². The number of aliphatic hydroxyl groups excluding tert-OH is 1. The molecule has 0 spiro atoms. The van der Waals surface area contributed by atoms with Crippen LogP contribution in [0, 0.1) is 17.3 Å². The van der Waals surface area contributed by atoms with Crippen LogP contribution in [0.25, 0.3) is 0 Å². The Kier molecular flexibility index (Phi) is 5.42. The maximum absolute atomic E-state index is 12.1. The smallest absolute Gasteiger partial charge is 0.156 e. The molecule has 0 heterocycles. The zero-order chi connectivity index (χ0) is 22.5. The first-order valence-electron chi connectivity index (χ1n) is 12.0. The number of carbonyl (C=O) groups is 1. The molecule has 1 aromatic rings. The van der Waals surface area contributed by atoms with E-state index in [1.54, 1.807) is 13.2 Å². The second kappa shape index (κ2) is 8.00. The van der Waals surface area contributed by atoms with E-state index < -0.39 is 5.60 Å². The zero-order valence-electron chi connectivity index (χ0n) is 19.1. The van der Waals surface area contributed by atoms with Crippen molar-refractivity contribution in [3.8, 4) is 5.75 Å². The lowest BCUT2D eigenvalue weighted by molar-refractivity contribution is -0.114. The van der Waals surface area contributed by atoms with Gasteiger partial charge in [0.1, 0.15) is 5.75 Å². The summed E-state index contributed by atoms with van der Waals surface area (Å²) in [6.07, 6.45) is 11.5. The summed E-state index contributed by atoms with van der Waals surface area (Å²) in [5.41, 5.74) is 4.30. The fourth-order valence-corrected chi connectivity index (χ4v) is 7.36. The molecule has 0 radical (unpaired) electrons. The molecule has 0 aliphatic heterocycles. The highest BCUT2D eigenvalue weighted by Crippen LogP contribution is 2.67. The van der Waals surface area contributed by atoms with Gasteiger partial charge >= 0.3 is 0 Å². The molecule has 2 N–H and O–H groups in total. The van der Waals surface area contributed by atoms with Crippen molar-refractivity contribution < 1.29 is 19.7 Å². The predicted octanol–water partition coefficient (Wildman–Crippen LogP) is 4.87. The fourth-order valence-electron chi connectivity index (χ4n) is 7.36. The van der Waals surface area contributed by atoms with E-state index >= 15 is 0 Å². The Bertz CT molecular complexity index is 1000. The van der Waals surface area contributed by atoms with Gasteiger partial charge in [0.2, 0.25) is 0 Å². The summed E-state index contributed by atoms with van der Waals surface area (Å²) in [5.74, 6) is 2.16. The summed E-state index contributed by atoms with van der Waals surface area (Å²) < 4.78 is 5.40. The number of allylic oxidation sites excluding steroid dienone is 4. The Morgan fingerprint density at radius 2 is 1.94 bits per heavy atom. The van der Waals surface area contributed by atoms with Crippen LogP contribution in [0.4, 0.5) is 0 Å². The topological polar surface area (TPSA) is 66.8 Å². The minimum absolute atomic E-state index is 0.0497. The van der Waals surface area contributed by atoms with Gasteiger partial charge in [-0.2, -0.15) is 0 Å². The van der Waals surface area contributed by atoms with E-state index in [9.17, 15) is 15.0 Å². The van der Waals surface area contributed by atoms with Crippen molar-refractivity contribution in [2.75, 3.05) is 13.7 Å². The minimum Gasteiger partial charge on any atom is -0.497 e. The molecular formula is C28H34O4. The quantitative estimate of drug-likeness (QED) is 0.663. The highest BCUT2D eigenvalue weighted by atomic mass is 16.5. The molecule has 0 bridgehead atoms. The Morgan fingerprint density at radius 1 is 1.16 bits per heavy atom. The van der Waals surface area contributed by atoms with E-state index in [-0.39, 0.29) is 23.7 Å². The van der Waals surface area contributed by atoms with Crippen molar-refractivity contribution >= 4 is 5.78 Å². The van der Waals surface area contributed by atoms with Gasteiger partial charge in [-0.05, 0) is 85.3 Å². The average Bonchev–Trinajstić information content (AvgIpc) is 3.07. The number of benzene rings is 1. The van der Waals surface area contributed by atoms with Crippen LogP contribution in [0.5, 0.6) is 5.75 Å². The molecule has 0 saturated heterocycles. The predicted molar refractivity (Wildman–Crippen MR) is 124 cm³/mol. The third-order valence-corrected chi connectivity index (χ3v) is 8.97. The van der Waals surface area contributed by atoms with Gasteiger partial charge in [0, 0.05) is 17.8 Å². The van der Waals surface area contributed by atoms with Crippen molar-refractivity contribution in [3.05, 3.63) is 64.8 Å². The Balaban J connectivity index is 1.65. The number of hydrogen-bond donors (Lipinski definition) is 2. The SMILES string of the molecule is COc1ccc([C@H]2C[C@@]3(C)[C@@H](CC[C@@]3(O)C=CCO)[C@@H]3CCC4=CC(=O)CCC4=C32)cc1. The van der Waals surface area contributed by atoms with E-state index in [1.165, 1.54) is 22.3 Å². The summed E-state index contributed by atoms with van der Waals surface area (Å²) in [6, 6.07) is 8.39. The number of rotatable bonds is 4. The lowest BCUT2D eigenvalue weighted by Crippen LogP contribution is -2.50. The summed E-state index contributed by atoms with van der Waals surface area (Å²) in [6.45, 7) is 2.21. The molecule has 0 aromatic heterocycles. The molecule has 32 heavy (non-hydrogen) atoms. The third kappa shape index (κ3) is 3.22. The largest absolute Gasteiger partial charge is 0.497 e. The standard InChI is InChI=1S/C28H34O4/c1-27-17-24(18-4-8-21(32-2)9-5-18)26-22-11-7-20(30)16-19(22)6-10-23(26)25(27)12-14-28(27,31)13-3-15-29/h3-5,8-9,13,16,23-25,29,31H,6-7,10-12,14-15,17H2,1-2H3/t23-,24+,25-,27-,28-/m0/s1. The molecule has 0 amide bonds. The van der Waals surface area contributed by atoms with Crippen LogP contribution < -0.4 is 4.74 Å². The van der Waals surface area contributed by atoms with Gasteiger partial charge in [-0.3, -0.25) is 4.79 Å². The summed E-state index contributed by atoms with van der Waals surface area (Å²) in [4.78, 5) is 12.1. The van der Waals surface area contributed by atoms with Gasteiger partial charge in [0.25, 0.3) is 0 Å². The fraction of sp³-hybridized carbons (Fsp3) is 0.536. The van der Waals surface area contributed by atoms with Crippen molar-refractivity contribution in [2.24, 2.45) is 17.3 Å². The van der Waals surface area contributed by atoms with E-state index in [0.717, 1.165) is 44.3 Å². The molecule has 4 aliphatic rings. The molecule has 4 heteroatoms. The van der Waals surface area contributed by atoms with Gasteiger partial charge < -0.3 is 14.9 Å². The van der Waals surface area contributed by atoms with E-state index in [4.69, 9.17) is 4.74 Å². The van der Waals surface area contributed by atoms with Crippen LogP contribution in [-0.4, -0.2) is 35.3 Å². The number of hydrogen-bond acceptors (Lipinski definition) is 4. The maximum atomic E-state index is 12.1. The minimum atomic E-state index is -0.903. The lowest BCUT2D eigenvalue weighted by Gasteiger charge is -2.54. The summed E-state index contributed by atoms with van der Waals surface area (Å²) in [5, 5.41) is 21.2. The molecule has 0 unspecified atom stereocenters. The Morgan fingerprint density at radius 3 is 2.66 bits per heavy atom. The van der Waals surface area contributed by atoms with Crippen molar-refractivity contribution in [2.45, 2.75) is 63.4 Å². The summed E-state index contributed by atoms with van der Waals surface area (Å²) in [7, 11) is 1.69. The number of fused-ring (bicyclic) bond motifs is 4. The second-order valence-electron chi connectivity index (χ2n) is 10.3. The van der Waals surface area contributed by atoms with Crippen molar-refractivity contribution in [3.63, 3.8) is 0 Å². The Labute approximate surface area is 190 Å². The number of ether oxygens (including phenoxy) is 1. The van der Waals surface area contributed by atoms with E-state index in [0.29, 0.717) is 18.3 Å². The van der Waals surface area contributed by atoms with Crippen LogP contribution >= 0.6 is 0 Å². The molecule has 5 atom stereocenters. The highest BCUT2D eigenvalue weighted by molar-refractivity contribution is 5.93. The molecule has 5 rings (SSSR count). The first kappa shape index (κ1) is 21.7. The average molecular weight is 435 g/mol. The molecule has 2 saturated carbocycles. The Hall–Kier alpha value is -2.17. The molecule has 4 nitrogen and oxygen atoms in total. The number of aliphatic hydroxyl groups is 2. The molecule has 4 aliphatic carbocycles. The lowest BCUT2D eigenvalue weighted by atomic mass is 9.51. The molecular weight excluding hydrogens is 400 g/mol. The normalized spacial score (nSPS) is 36.6. The number of carbonyl (C=O) groups excluding carboxylic acids is 1. The van der Waals surface area contributed by atoms with Crippen molar-refractivity contribution in [1.82, 2.24) is 0 Å². The van der Waals surface area contributed by atoms with Gasteiger partial charge in [-0.15, -0.1) is 0 Å². The highest BCUT2D eigenvalue weighted by Gasteiger charge is 2.61. The number of ketones is 1. The van der Waals surface area contributed by atoms with Crippen molar-refractivity contribution in [1.29, 1.82) is 0 Å². The van der Waals surface area contributed by atoms with E-state index in [2.05, 4.69) is 19.1 Å². The van der Waals surface area contributed by atoms with Gasteiger partial charge in [-0.1, -0.05) is 36.8 Å². The van der Waals surface area contributed by atoms with Crippen LogP contribution in [0.3, 0.4) is 0 Å². The molecule has 170 valence electrons. The maximum Gasteiger partial charge on any atom is 0.156 e. The van der Waals surface area contributed by atoms with Crippen LogP contribution in [0.1, 0.15) is 63.4 Å². The molecule has 1 aromatic carbocycles. The first-order chi connectivity index (χ1) is 15.4. The van der Waals surface area contributed by atoms with Crippen LogP contribution in [-0.2, 0) is 4.79 Å². The number of methoxy groups -OCH3 is 1. The van der Waals surface area contributed by atoms with Gasteiger partial charge in [0.15, 0.2) is 5.78 Å². The summed E-state index contributed by atoms with van der Waals surface area (Å²) >= 11 is 0. The van der Waals surface area contributed by atoms with Crippen LogP contribution in [0.2, 0.25) is 0 Å².